The van der Waals surface area contributed by atoms with Gasteiger partial charge in [0.2, 0.25) is 0 Å². The fourth-order valence-corrected chi connectivity index (χ4v) is 6.28. The van der Waals surface area contributed by atoms with Gasteiger partial charge in [-0.2, -0.15) is 10.2 Å². The number of carbonyl (C=O) groups excluding carboxylic acids is 1. The molecule has 1 aliphatic heterocycles. The third-order valence-corrected chi connectivity index (χ3v) is 8.05. The lowest BCUT2D eigenvalue weighted by atomic mass is 10.0. The molecule has 3 aromatic carbocycles. The van der Waals surface area contributed by atoms with E-state index in [1.54, 1.807) is 10.7 Å². The molecule has 7 nitrogen and oxygen atoms in total. The fourth-order valence-electron chi connectivity index (χ4n) is 6.28. The van der Waals surface area contributed by atoms with Gasteiger partial charge in [0.25, 0.3) is 5.91 Å². The summed E-state index contributed by atoms with van der Waals surface area (Å²) >= 11 is 0. The Morgan fingerprint density at radius 3 is 2.76 bits per heavy atom. The number of H-pyrrole nitrogens is 1. The van der Waals surface area contributed by atoms with Gasteiger partial charge in [0.15, 0.2) is 0 Å². The van der Waals surface area contributed by atoms with Gasteiger partial charge in [-0.25, -0.2) is 8.78 Å². The van der Waals surface area contributed by atoms with Gasteiger partial charge in [0, 0.05) is 65.9 Å². The van der Waals surface area contributed by atoms with Crippen molar-refractivity contribution >= 4 is 27.7 Å². The van der Waals surface area contributed by atoms with Crippen LogP contribution in [-0.4, -0.2) is 49.4 Å². The van der Waals surface area contributed by atoms with Crippen LogP contribution >= 0.6 is 0 Å². The van der Waals surface area contributed by atoms with E-state index >= 15 is 0 Å². The number of nitrogens with zero attached hydrogens (tertiary/aromatic N) is 4. The van der Waals surface area contributed by atoms with E-state index in [0.29, 0.717) is 11.5 Å². The van der Waals surface area contributed by atoms with Crippen molar-refractivity contribution in [3.8, 4) is 11.3 Å². The Hall–Kier alpha value is -4.11. The minimum atomic E-state index is -0.528. The first-order valence-electron chi connectivity index (χ1n) is 12.8. The first-order valence-corrected chi connectivity index (χ1v) is 12.8. The molecule has 0 spiro atoms. The zero-order valence-corrected chi connectivity index (χ0v) is 20.8. The van der Waals surface area contributed by atoms with E-state index in [2.05, 4.69) is 25.5 Å². The van der Waals surface area contributed by atoms with Crippen molar-refractivity contribution in [2.75, 3.05) is 6.54 Å². The number of halogens is 2. The summed E-state index contributed by atoms with van der Waals surface area (Å²) in [5.41, 5.74) is 4.12. The quantitative estimate of drug-likeness (QED) is 0.355. The van der Waals surface area contributed by atoms with E-state index in [-0.39, 0.29) is 30.1 Å². The number of benzene rings is 3. The summed E-state index contributed by atoms with van der Waals surface area (Å²) in [6, 6.07) is 15.5. The lowest BCUT2D eigenvalue weighted by Gasteiger charge is -2.33. The Balaban J connectivity index is 1.12. The maximum absolute atomic E-state index is 14.3. The fraction of sp³-hybridized carbons (Fsp3) is 0.276. The van der Waals surface area contributed by atoms with Crippen LogP contribution in [0.5, 0.6) is 0 Å². The summed E-state index contributed by atoms with van der Waals surface area (Å²) in [4.78, 5) is 15.5. The second kappa shape index (κ2) is 8.73. The lowest BCUT2D eigenvalue weighted by molar-refractivity contribution is 0.0886. The molecule has 0 radical (unpaired) electrons. The smallest absolute Gasteiger partial charge is 0.251 e. The van der Waals surface area contributed by atoms with Gasteiger partial charge >= 0.3 is 0 Å². The van der Waals surface area contributed by atoms with Crippen LogP contribution in [-0.2, 0) is 13.6 Å². The number of amides is 1. The first kappa shape index (κ1) is 23.0. The second-order valence-electron chi connectivity index (χ2n) is 10.5. The summed E-state index contributed by atoms with van der Waals surface area (Å²) < 4.78 is 30.3. The Bertz CT molecular complexity index is 1690. The van der Waals surface area contributed by atoms with Crippen molar-refractivity contribution in [1.82, 2.24) is 30.2 Å². The Morgan fingerprint density at radius 1 is 1.11 bits per heavy atom. The number of carbonyl (C=O) groups is 1. The first-order chi connectivity index (χ1) is 18.4. The largest absolute Gasteiger partial charge is 0.348 e. The van der Waals surface area contributed by atoms with Crippen molar-refractivity contribution in [3.05, 3.63) is 83.6 Å². The molecule has 38 heavy (non-hydrogen) atoms. The Kier molecular flexibility index (Phi) is 5.29. The Labute approximate surface area is 217 Å². The number of aromatic nitrogens is 4. The number of aromatic amines is 1. The highest BCUT2D eigenvalue weighted by molar-refractivity contribution is 6.02. The molecule has 5 aromatic rings. The number of aryl methyl sites for hydroxylation is 1. The zero-order chi connectivity index (χ0) is 26.0. The maximum atomic E-state index is 14.3. The van der Waals surface area contributed by atoms with Crippen LogP contribution in [0.2, 0.25) is 0 Å². The highest BCUT2D eigenvalue weighted by Gasteiger charge is 2.45. The minimum absolute atomic E-state index is 0.0578. The third-order valence-electron chi connectivity index (χ3n) is 8.05. The van der Waals surface area contributed by atoms with Gasteiger partial charge in [-0.15, -0.1) is 0 Å². The molecule has 1 unspecified atom stereocenters. The summed E-state index contributed by atoms with van der Waals surface area (Å²) in [5, 5.41) is 17.1. The molecule has 1 saturated heterocycles. The number of fused-ring (bicyclic) bond motifs is 4. The minimum Gasteiger partial charge on any atom is -0.348 e. The Morgan fingerprint density at radius 2 is 1.95 bits per heavy atom. The molecule has 1 amide bonds. The number of rotatable bonds is 5. The van der Waals surface area contributed by atoms with E-state index in [9.17, 15) is 13.6 Å². The molecule has 1 saturated carbocycles. The second-order valence-corrected chi connectivity index (χ2v) is 10.5. The van der Waals surface area contributed by atoms with Crippen LogP contribution in [0.15, 0.2) is 60.8 Å². The predicted octanol–water partition coefficient (Wildman–Crippen LogP) is 4.79. The van der Waals surface area contributed by atoms with Crippen LogP contribution < -0.4 is 5.32 Å². The summed E-state index contributed by atoms with van der Waals surface area (Å²) in [6.07, 6.45) is 3.76. The van der Waals surface area contributed by atoms with Gasteiger partial charge in [-0.1, -0.05) is 12.1 Å². The van der Waals surface area contributed by atoms with Gasteiger partial charge < -0.3 is 5.32 Å². The molecule has 7 rings (SSSR count). The van der Waals surface area contributed by atoms with Crippen LogP contribution in [0.1, 0.15) is 28.8 Å². The van der Waals surface area contributed by atoms with Gasteiger partial charge in [0.1, 0.15) is 11.6 Å². The van der Waals surface area contributed by atoms with Gasteiger partial charge in [-0.05, 0) is 61.2 Å². The highest BCUT2D eigenvalue weighted by Crippen LogP contribution is 2.39. The van der Waals surface area contributed by atoms with Crippen LogP contribution in [0.25, 0.3) is 33.1 Å². The zero-order valence-electron chi connectivity index (χ0n) is 20.8. The highest BCUT2D eigenvalue weighted by atomic mass is 19.1. The van der Waals surface area contributed by atoms with Gasteiger partial charge in [0.05, 0.1) is 16.7 Å². The average Bonchev–Trinajstić information content (AvgIpc) is 3.67. The molecular formula is C29H26F2N6O. The topological polar surface area (TPSA) is 78.8 Å². The molecule has 2 aliphatic rings. The van der Waals surface area contributed by atoms with E-state index in [1.807, 2.05) is 43.6 Å². The molecular weight excluding hydrogens is 486 g/mol. The van der Waals surface area contributed by atoms with Gasteiger partial charge in [-0.3, -0.25) is 19.5 Å². The van der Waals surface area contributed by atoms with Crippen molar-refractivity contribution in [2.45, 2.75) is 31.5 Å². The molecule has 192 valence electrons. The van der Waals surface area contributed by atoms with E-state index < -0.39 is 11.6 Å². The van der Waals surface area contributed by atoms with Crippen molar-refractivity contribution in [3.63, 3.8) is 0 Å². The number of hydrogen-bond acceptors (Lipinski definition) is 4. The summed E-state index contributed by atoms with van der Waals surface area (Å²) in [6.45, 7) is 0.994. The molecule has 1 aliphatic carbocycles. The van der Waals surface area contributed by atoms with E-state index in [1.165, 1.54) is 18.2 Å². The van der Waals surface area contributed by atoms with E-state index in [0.717, 1.165) is 52.4 Å². The molecule has 2 bridgehead atoms. The molecule has 9 heteroatoms. The van der Waals surface area contributed by atoms with Crippen molar-refractivity contribution in [2.24, 2.45) is 13.0 Å². The summed E-state index contributed by atoms with van der Waals surface area (Å²) in [7, 11) is 1.89. The van der Waals surface area contributed by atoms with Crippen LogP contribution in [0, 0.1) is 17.6 Å². The van der Waals surface area contributed by atoms with Crippen molar-refractivity contribution < 1.29 is 13.6 Å². The molecule has 3 heterocycles. The number of nitrogens with one attached hydrogen (secondary N) is 2. The SMILES string of the molecule is Cn1cc2cc(-c3n[nH]c4ccc(C(=O)NC5C[C@@H]6C[C@H]5N(Cc5c(F)cccc5F)C6)cc34)ccc2n1. The van der Waals surface area contributed by atoms with Crippen molar-refractivity contribution in [1.29, 1.82) is 0 Å². The van der Waals surface area contributed by atoms with Crippen LogP contribution in [0.4, 0.5) is 8.78 Å². The lowest BCUT2D eigenvalue weighted by Crippen LogP contribution is -2.49. The molecule has 2 fully saturated rings. The predicted molar refractivity (Wildman–Crippen MR) is 140 cm³/mol. The van der Waals surface area contributed by atoms with Crippen LogP contribution in [0.3, 0.4) is 0 Å². The molecule has 2 N–H and O–H groups in total. The van der Waals surface area contributed by atoms with E-state index in [4.69, 9.17) is 0 Å². The molecule has 3 atom stereocenters. The molecule has 2 aromatic heterocycles. The maximum Gasteiger partial charge on any atom is 0.251 e. The normalized spacial score (nSPS) is 21.1. The number of hydrogen-bond donors (Lipinski definition) is 2. The summed E-state index contributed by atoms with van der Waals surface area (Å²) in [5.74, 6) is -0.803. The third kappa shape index (κ3) is 3.85. The monoisotopic (exact) mass is 512 g/mol. The standard InChI is InChI=1S/C29H26F2N6O/c1-36-14-19-11-17(5-7-24(19)35-36)28-20-12-18(6-8-25(20)33-34-28)29(38)32-26-9-16-10-27(26)37(13-16)15-21-22(30)3-2-4-23(21)31/h2-8,11-12,14,16,26-27H,9-10,13,15H2,1H3,(H,32,38)(H,33,34)/t16-,26?,27-/m1/s1. The average molecular weight is 513 g/mol. The number of likely N-dealkylation sites (tertiary alicyclic amines) is 1. The number of piperidine rings is 1.